The summed E-state index contributed by atoms with van der Waals surface area (Å²) in [7, 11) is 4.14. The lowest BCUT2D eigenvalue weighted by Crippen LogP contribution is -2.45. The van der Waals surface area contributed by atoms with Crippen LogP contribution in [0, 0.1) is 5.92 Å². The molecule has 1 heterocycles. The second-order valence-corrected chi connectivity index (χ2v) is 4.86. The molecular formula is C12H25N3O. The molecule has 1 N–H and O–H groups in total. The fraction of sp³-hybridized carbons (Fsp3) is 0.917. The second-order valence-electron chi connectivity index (χ2n) is 4.86. The number of nitrogens with one attached hydrogen (secondary N) is 1. The van der Waals surface area contributed by atoms with Crippen molar-refractivity contribution in [3.8, 4) is 0 Å². The first kappa shape index (κ1) is 13.5. The molecule has 0 aromatic heterocycles. The van der Waals surface area contributed by atoms with Crippen LogP contribution in [0.25, 0.3) is 0 Å². The predicted molar refractivity (Wildman–Crippen MR) is 66.4 cm³/mol. The molecule has 0 spiro atoms. The third kappa shape index (κ3) is 4.49. The molecule has 0 aromatic carbocycles. The van der Waals surface area contributed by atoms with Crippen LogP contribution in [0.3, 0.4) is 0 Å². The average Bonchev–Trinajstić information content (AvgIpc) is 2.17. The highest BCUT2D eigenvalue weighted by molar-refractivity contribution is 5.76. The largest absolute Gasteiger partial charge is 0.343 e. The van der Waals surface area contributed by atoms with Gasteiger partial charge in [-0.2, -0.15) is 0 Å². The Hall–Kier alpha value is -0.610. The van der Waals surface area contributed by atoms with Crippen molar-refractivity contribution in [2.75, 3.05) is 46.8 Å². The van der Waals surface area contributed by atoms with E-state index in [0.29, 0.717) is 11.8 Å². The Balaban J connectivity index is 2.20. The van der Waals surface area contributed by atoms with E-state index in [1.54, 1.807) is 0 Å². The third-order valence-corrected chi connectivity index (χ3v) is 3.10. The van der Waals surface area contributed by atoms with Crippen LogP contribution in [-0.2, 0) is 4.79 Å². The van der Waals surface area contributed by atoms with Gasteiger partial charge in [0.25, 0.3) is 0 Å². The lowest BCUT2D eigenvalue weighted by molar-refractivity contribution is -0.132. The van der Waals surface area contributed by atoms with Gasteiger partial charge >= 0.3 is 0 Å². The van der Waals surface area contributed by atoms with Crippen molar-refractivity contribution < 1.29 is 4.79 Å². The van der Waals surface area contributed by atoms with Crippen molar-refractivity contribution in [3.05, 3.63) is 0 Å². The van der Waals surface area contributed by atoms with Crippen LogP contribution >= 0.6 is 0 Å². The van der Waals surface area contributed by atoms with Gasteiger partial charge in [-0.15, -0.1) is 0 Å². The summed E-state index contributed by atoms with van der Waals surface area (Å²) >= 11 is 0. The van der Waals surface area contributed by atoms with Crippen molar-refractivity contribution in [2.24, 2.45) is 5.92 Å². The van der Waals surface area contributed by atoms with Crippen LogP contribution < -0.4 is 5.32 Å². The van der Waals surface area contributed by atoms with E-state index in [0.717, 1.165) is 45.6 Å². The van der Waals surface area contributed by atoms with Gasteiger partial charge in [-0.3, -0.25) is 4.79 Å². The van der Waals surface area contributed by atoms with E-state index in [-0.39, 0.29) is 0 Å². The lowest BCUT2D eigenvalue weighted by Gasteiger charge is -2.29. The van der Waals surface area contributed by atoms with Crippen LogP contribution in [0.1, 0.15) is 19.8 Å². The molecule has 1 rings (SSSR count). The zero-order valence-corrected chi connectivity index (χ0v) is 10.8. The molecule has 0 aliphatic carbocycles. The van der Waals surface area contributed by atoms with Crippen LogP contribution in [0.4, 0.5) is 0 Å². The molecule has 4 nitrogen and oxygen atoms in total. The summed E-state index contributed by atoms with van der Waals surface area (Å²) in [6.07, 6.45) is 1.79. The topological polar surface area (TPSA) is 35.6 Å². The number of nitrogens with zero attached hydrogens (tertiary/aromatic N) is 2. The molecule has 1 aliphatic heterocycles. The first-order valence-corrected chi connectivity index (χ1v) is 6.26. The number of amides is 1. The zero-order chi connectivity index (χ0) is 12.0. The quantitative estimate of drug-likeness (QED) is 0.684. The van der Waals surface area contributed by atoms with Gasteiger partial charge in [0.1, 0.15) is 0 Å². The predicted octanol–water partition coefficient (Wildman–Crippen LogP) is 0.396. The van der Waals surface area contributed by atoms with Gasteiger partial charge in [-0.1, -0.05) is 0 Å². The van der Waals surface area contributed by atoms with Gasteiger partial charge in [0.05, 0.1) is 0 Å². The summed E-state index contributed by atoms with van der Waals surface area (Å²) in [4.78, 5) is 16.1. The minimum Gasteiger partial charge on any atom is -0.343 e. The Labute approximate surface area is 99.0 Å². The van der Waals surface area contributed by atoms with Gasteiger partial charge in [-0.05, 0) is 53.0 Å². The molecule has 1 saturated heterocycles. The summed E-state index contributed by atoms with van der Waals surface area (Å²) in [5.74, 6) is 0.906. The second kappa shape index (κ2) is 6.86. The molecule has 0 unspecified atom stereocenters. The van der Waals surface area contributed by atoms with Crippen molar-refractivity contribution in [3.63, 3.8) is 0 Å². The minimum atomic E-state index is 0.327. The maximum atomic E-state index is 11.9. The number of rotatable bonds is 7. The summed E-state index contributed by atoms with van der Waals surface area (Å²) in [5, 5.41) is 3.20. The van der Waals surface area contributed by atoms with E-state index >= 15 is 0 Å². The summed E-state index contributed by atoms with van der Waals surface area (Å²) < 4.78 is 0. The summed E-state index contributed by atoms with van der Waals surface area (Å²) in [6.45, 7) is 6.88. The number of hydrogen-bond donors (Lipinski definition) is 1. The van der Waals surface area contributed by atoms with E-state index < -0.39 is 0 Å². The Morgan fingerprint density at radius 2 is 2.00 bits per heavy atom. The third-order valence-electron chi connectivity index (χ3n) is 3.10. The van der Waals surface area contributed by atoms with Gasteiger partial charge in [0, 0.05) is 19.5 Å². The summed E-state index contributed by atoms with van der Waals surface area (Å²) in [5.41, 5.74) is 0. The highest BCUT2D eigenvalue weighted by atomic mass is 16.2. The maximum absolute atomic E-state index is 11.9. The first-order valence-electron chi connectivity index (χ1n) is 6.26. The van der Waals surface area contributed by atoms with E-state index in [1.165, 1.54) is 0 Å². The smallest absolute Gasteiger partial charge is 0.222 e. The normalized spacial score (nSPS) is 16.2. The van der Waals surface area contributed by atoms with Gasteiger partial charge in [0.15, 0.2) is 0 Å². The molecule has 16 heavy (non-hydrogen) atoms. The van der Waals surface area contributed by atoms with E-state index in [9.17, 15) is 4.79 Å². The molecule has 94 valence electrons. The van der Waals surface area contributed by atoms with E-state index in [2.05, 4.69) is 31.2 Å². The summed E-state index contributed by atoms with van der Waals surface area (Å²) in [6, 6.07) is 0. The van der Waals surface area contributed by atoms with Crippen molar-refractivity contribution in [1.82, 2.24) is 15.1 Å². The van der Waals surface area contributed by atoms with Crippen LogP contribution in [0.5, 0.6) is 0 Å². The Kier molecular flexibility index (Phi) is 5.77. The van der Waals surface area contributed by atoms with E-state index in [4.69, 9.17) is 0 Å². The SMILES string of the molecule is CCN(CCCN(C)C)C(=O)CC1CNC1. The first-order chi connectivity index (χ1) is 7.63. The molecule has 1 amide bonds. The van der Waals surface area contributed by atoms with Crippen molar-refractivity contribution in [1.29, 1.82) is 0 Å². The molecule has 0 atom stereocenters. The van der Waals surface area contributed by atoms with Gasteiger partial charge in [0.2, 0.25) is 5.91 Å². The van der Waals surface area contributed by atoms with E-state index in [1.807, 2.05) is 4.90 Å². The molecule has 0 aromatic rings. The Morgan fingerprint density at radius 1 is 1.31 bits per heavy atom. The fourth-order valence-corrected chi connectivity index (χ4v) is 1.91. The molecule has 0 bridgehead atoms. The number of hydrogen-bond acceptors (Lipinski definition) is 3. The lowest BCUT2D eigenvalue weighted by atomic mass is 9.98. The van der Waals surface area contributed by atoms with Gasteiger partial charge < -0.3 is 15.1 Å². The van der Waals surface area contributed by atoms with Crippen LogP contribution in [0.15, 0.2) is 0 Å². The Morgan fingerprint density at radius 3 is 2.44 bits per heavy atom. The fourth-order valence-electron chi connectivity index (χ4n) is 1.91. The minimum absolute atomic E-state index is 0.327. The highest BCUT2D eigenvalue weighted by Crippen LogP contribution is 2.10. The maximum Gasteiger partial charge on any atom is 0.222 e. The van der Waals surface area contributed by atoms with Crippen molar-refractivity contribution in [2.45, 2.75) is 19.8 Å². The molecule has 0 saturated carbocycles. The number of carbonyl (C=O) groups excluding carboxylic acids is 1. The monoisotopic (exact) mass is 227 g/mol. The standard InChI is InChI=1S/C12H25N3O/c1-4-15(7-5-6-14(2)3)12(16)8-11-9-13-10-11/h11,13H,4-10H2,1-3H3. The van der Waals surface area contributed by atoms with Crippen LogP contribution in [-0.4, -0.2) is 62.5 Å². The molecular weight excluding hydrogens is 202 g/mol. The molecule has 0 radical (unpaired) electrons. The Bertz CT molecular complexity index is 214. The van der Waals surface area contributed by atoms with Crippen LogP contribution in [0.2, 0.25) is 0 Å². The number of carbonyl (C=O) groups is 1. The highest BCUT2D eigenvalue weighted by Gasteiger charge is 2.22. The zero-order valence-electron chi connectivity index (χ0n) is 10.8. The molecule has 4 heteroatoms. The average molecular weight is 227 g/mol. The van der Waals surface area contributed by atoms with Gasteiger partial charge in [-0.25, -0.2) is 0 Å². The molecule has 1 aliphatic rings. The van der Waals surface area contributed by atoms with Crippen molar-refractivity contribution >= 4 is 5.91 Å². The molecule has 1 fully saturated rings.